The van der Waals surface area contributed by atoms with Crippen LogP contribution in [0, 0.1) is 5.92 Å². The second-order valence-corrected chi connectivity index (χ2v) is 5.20. The first-order chi connectivity index (χ1) is 8.23. The Labute approximate surface area is 104 Å². The quantitative estimate of drug-likeness (QED) is 0.748. The predicted molar refractivity (Wildman–Crippen MR) is 66.8 cm³/mol. The number of nitrogens with one attached hydrogen (secondary N) is 1. The minimum atomic E-state index is -0.380. The minimum absolute atomic E-state index is 0.0510. The molecule has 0 aromatic carbocycles. The number of piperidine rings is 1. The van der Waals surface area contributed by atoms with Crippen molar-refractivity contribution in [2.45, 2.75) is 38.1 Å². The monoisotopic (exact) mass is 240 g/mol. The standard InChI is InChI=1S/C13H24N2O2/c1-3-15-9-5-11(6-10-15)13(12(16)17-2)7-4-8-14-13/h11,14H,3-10H2,1-2H3. The molecule has 1 N–H and O–H groups in total. The maximum absolute atomic E-state index is 12.1. The Morgan fingerprint density at radius 1 is 1.47 bits per heavy atom. The van der Waals surface area contributed by atoms with Gasteiger partial charge in [0.2, 0.25) is 0 Å². The molecule has 0 spiro atoms. The normalized spacial score (nSPS) is 31.6. The summed E-state index contributed by atoms with van der Waals surface area (Å²) >= 11 is 0. The molecule has 2 aliphatic heterocycles. The summed E-state index contributed by atoms with van der Waals surface area (Å²) in [4.78, 5) is 14.5. The Morgan fingerprint density at radius 3 is 2.65 bits per heavy atom. The van der Waals surface area contributed by atoms with E-state index in [1.807, 2.05) is 0 Å². The lowest BCUT2D eigenvalue weighted by molar-refractivity contribution is -0.151. The highest BCUT2D eigenvalue weighted by Crippen LogP contribution is 2.35. The third kappa shape index (κ3) is 2.33. The largest absolute Gasteiger partial charge is 0.468 e. The van der Waals surface area contributed by atoms with Crippen molar-refractivity contribution in [2.24, 2.45) is 5.92 Å². The number of methoxy groups -OCH3 is 1. The topological polar surface area (TPSA) is 41.6 Å². The average molecular weight is 240 g/mol. The summed E-state index contributed by atoms with van der Waals surface area (Å²) in [6.45, 7) is 6.49. The van der Waals surface area contributed by atoms with Crippen molar-refractivity contribution in [3.63, 3.8) is 0 Å². The summed E-state index contributed by atoms with van der Waals surface area (Å²) in [6.07, 6.45) is 4.24. The molecule has 0 aromatic rings. The lowest BCUT2D eigenvalue weighted by Crippen LogP contribution is -2.56. The molecule has 2 aliphatic rings. The Kier molecular flexibility index (Phi) is 4.05. The van der Waals surface area contributed by atoms with Crippen LogP contribution in [0.3, 0.4) is 0 Å². The molecule has 0 bridgehead atoms. The first-order valence-electron chi connectivity index (χ1n) is 6.78. The first-order valence-corrected chi connectivity index (χ1v) is 6.78. The van der Waals surface area contributed by atoms with Gasteiger partial charge in [0.15, 0.2) is 0 Å². The second-order valence-electron chi connectivity index (χ2n) is 5.20. The fourth-order valence-corrected chi connectivity index (χ4v) is 3.38. The summed E-state index contributed by atoms with van der Waals surface area (Å²) in [7, 11) is 1.51. The number of ether oxygens (including phenoxy) is 1. The van der Waals surface area contributed by atoms with Gasteiger partial charge in [-0.3, -0.25) is 4.79 Å². The predicted octanol–water partition coefficient (Wildman–Crippen LogP) is 1.01. The molecule has 2 fully saturated rings. The van der Waals surface area contributed by atoms with Gasteiger partial charge in [0.1, 0.15) is 5.54 Å². The summed E-state index contributed by atoms with van der Waals surface area (Å²) in [6, 6.07) is 0. The molecule has 1 atom stereocenters. The smallest absolute Gasteiger partial charge is 0.326 e. The zero-order valence-electron chi connectivity index (χ0n) is 11.0. The van der Waals surface area contributed by atoms with Crippen molar-refractivity contribution in [1.29, 1.82) is 0 Å². The van der Waals surface area contributed by atoms with Crippen molar-refractivity contribution in [3.8, 4) is 0 Å². The Hall–Kier alpha value is -0.610. The maximum Gasteiger partial charge on any atom is 0.326 e. The van der Waals surface area contributed by atoms with E-state index in [2.05, 4.69) is 17.1 Å². The molecular weight excluding hydrogens is 216 g/mol. The Morgan fingerprint density at radius 2 is 2.18 bits per heavy atom. The van der Waals surface area contributed by atoms with E-state index in [0.717, 1.165) is 51.9 Å². The molecule has 0 aliphatic carbocycles. The van der Waals surface area contributed by atoms with Gasteiger partial charge in [0.25, 0.3) is 0 Å². The highest BCUT2D eigenvalue weighted by molar-refractivity contribution is 5.81. The van der Waals surface area contributed by atoms with Gasteiger partial charge >= 0.3 is 5.97 Å². The van der Waals surface area contributed by atoms with Gasteiger partial charge in [-0.25, -0.2) is 0 Å². The third-order valence-electron chi connectivity index (χ3n) is 4.47. The van der Waals surface area contributed by atoms with Crippen LogP contribution in [-0.4, -0.2) is 49.7 Å². The number of carbonyl (C=O) groups excluding carboxylic acids is 1. The number of likely N-dealkylation sites (tertiary alicyclic amines) is 1. The average Bonchev–Trinajstić information content (AvgIpc) is 2.88. The van der Waals surface area contributed by atoms with E-state index in [-0.39, 0.29) is 11.5 Å². The van der Waals surface area contributed by atoms with Crippen molar-refractivity contribution in [3.05, 3.63) is 0 Å². The second kappa shape index (κ2) is 5.36. The van der Waals surface area contributed by atoms with Gasteiger partial charge in [0.05, 0.1) is 7.11 Å². The van der Waals surface area contributed by atoms with Crippen LogP contribution >= 0.6 is 0 Å². The van der Waals surface area contributed by atoms with Gasteiger partial charge in [-0.05, 0) is 57.8 Å². The number of nitrogens with zero attached hydrogens (tertiary/aromatic N) is 1. The van der Waals surface area contributed by atoms with Crippen molar-refractivity contribution in [1.82, 2.24) is 10.2 Å². The molecule has 4 heteroatoms. The van der Waals surface area contributed by atoms with Crippen LogP contribution in [0.15, 0.2) is 0 Å². The van der Waals surface area contributed by atoms with E-state index >= 15 is 0 Å². The molecular formula is C13H24N2O2. The SMILES string of the molecule is CCN1CCC(C2(C(=O)OC)CCCN2)CC1. The van der Waals surface area contributed by atoms with Crippen LogP contribution in [0.4, 0.5) is 0 Å². The number of carbonyl (C=O) groups is 1. The summed E-state index contributed by atoms with van der Waals surface area (Å²) in [5.41, 5.74) is -0.380. The van der Waals surface area contributed by atoms with Crippen molar-refractivity contribution >= 4 is 5.97 Å². The van der Waals surface area contributed by atoms with Gasteiger partial charge in [-0.1, -0.05) is 6.92 Å². The van der Waals surface area contributed by atoms with E-state index in [1.165, 1.54) is 7.11 Å². The van der Waals surface area contributed by atoms with Crippen molar-refractivity contribution in [2.75, 3.05) is 33.3 Å². The van der Waals surface area contributed by atoms with Gasteiger partial charge in [0, 0.05) is 0 Å². The van der Waals surface area contributed by atoms with Crippen LogP contribution in [0.5, 0.6) is 0 Å². The number of hydrogen-bond acceptors (Lipinski definition) is 4. The Bertz CT molecular complexity index is 267. The molecule has 2 heterocycles. The molecule has 4 nitrogen and oxygen atoms in total. The van der Waals surface area contributed by atoms with Crippen LogP contribution in [0.1, 0.15) is 32.6 Å². The zero-order valence-corrected chi connectivity index (χ0v) is 11.0. The molecule has 0 aromatic heterocycles. The van der Waals surface area contributed by atoms with E-state index in [9.17, 15) is 4.79 Å². The van der Waals surface area contributed by atoms with Gasteiger partial charge < -0.3 is 15.0 Å². The van der Waals surface area contributed by atoms with E-state index < -0.39 is 0 Å². The fourth-order valence-electron chi connectivity index (χ4n) is 3.38. The number of hydrogen-bond donors (Lipinski definition) is 1. The van der Waals surface area contributed by atoms with Crippen molar-refractivity contribution < 1.29 is 9.53 Å². The minimum Gasteiger partial charge on any atom is -0.468 e. The lowest BCUT2D eigenvalue weighted by Gasteiger charge is -2.40. The molecule has 1 unspecified atom stereocenters. The maximum atomic E-state index is 12.1. The molecule has 98 valence electrons. The first kappa shape index (κ1) is 12.8. The number of rotatable bonds is 3. The summed E-state index contributed by atoms with van der Waals surface area (Å²) in [5.74, 6) is 0.394. The fraction of sp³-hybridized carbons (Fsp3) is 0.923. The molecule has 2 rings (SSSR count). The van der Waals surface area contributed by atoms with E-state index in [4.69, 9.17) is 4.74 Å². The Balaban J connectivity index is 2.05. The summed E-state index contributed by atoms with van der Waals surface area (Å²) in [5, 5.41) is 3.43. The molecule has 17 heavy (non-hydrogen) atoms. The van der Waals surface area contributed by atoms with Gasteiger partial charge in [-0.2, -0.15) is 0 Å². The van der Waals surface area contributed by atoms with Crippen LogP contribution in [-0.2, 0) is 9.53 Å². The molecule has 0 radical (unpaired) electrons. The molecule has 0 amide bonds. The van der Waals surface area contributed by atoms with E-state index in [0.29, 0.717) is 5.92 Å². The molecule has 2 saturated heterocycles. The van der Waals surface area contributed by atoms with Crippen LogP contribution in [0.2, 0.25) is 0 Å². The molecule has 0 saturated carbocycles. The zero-order chi connectivity index (χ0) is 12.3. The highest BCUT2D eigenvalue weighted by Gasteiger charge is 2.48. The van der Waals surface area contributed by atoms with Gasteiger partial charge in [-0.15, -0.1) is 0 Å². The lowest BCUT2D eigenvalue weighted by atomic mass is 9.76. The van der Waals surface area contributed by atoms with Crippen LogP contribution in [0.25, 0.3) is 0 Å². The third-order valence-corrected chi connectivity index (χ3v) is 4.47. The highest BCUT2D eigenvalue weighted by atomic mass is 16.5. The van der Waals surface area contributed by atoms with Crippen LogP contribution < -0.4 is 5.32 Å². The number of esters is 1. The van der Waals surface area contributed by atoms with E-state index in [1.54, 1.807) is 0 Å². The summed E-state index contributed by atoms with van der Waals surface area (Å²) < 4.78 is 5.03.